The molecule has 0 unspecified atom stereocenters. The molecule has 2 aromatic rings. The van der Waals surface area contributed by atoms with Gasteiger partial charge in [0.2, 0.25) is 5.95 Å². The number of halogens is 1. The van der Waals surface area contributed by atoms with Crippen molar-refractivity contribution in [2.24, 2.45) is 13.0 Å². The Balaban J connectivity index is 1.64. The molecule has 0 amide bonds. The Labute approximate surface area is 134 Å². The van der Waals surface area contributed by atoms with Gasteiger partial charge < -0.3 is 16.0 Å². The minimum Gasteiger partial charge on any atom is -0.368 e. The van der Waals surface area contributed by atoms with E-state index in [1.807, 2.05) is 13.2 Å². The number of hydrogen-bond acceptors (Lipinski definition) is 6. The van der Waals surface area contributed by atoms with Crippen LogP contribution in [0, 0.1) is 5.92 Å². The molecule has 1 fully saturated rings. The van der Waals surface area contributed by atoms with Gasteiger partial charge in [-0.25, -0.2) is 4.98 Å². The number of aromatic nitrogens is 4. The van der Waals surface area contributed by atoms with E-state index in [0.717, 1.165) is 25.3 Å². The lowest BCUT2D eigenvalue weighted by Crippen LogP contribution is -2.33. The van der Waals surface area contributed by atoms with Crippen LogP contribution in [0.2, 0.25) is 5.02 Å². The quantitative estimate of drug-likeness (QED) is 0.782. The van der Waals surface area contributed by atoms with Gasteiger partial charge >= 0.3 is 0 Å². The molecule has 1 aliphatic heterocycles. The van der Waals surface area contributed by atoms with E-state index in [2.05, 4.69) is 31.0 Å². The Morgan fingerprint density at radius 2 is 2.36 bits per heavy atom. The van der Waals surface area contributed by atoms with Gasteiger partial charge in [-0.15, -0.1) is 0 Å². The maximum atomic E-state index is 6.17. The van der Waals surface area contributed by atoms with E-state index < -0.39 is 0 Å². The van der Waals surface area contributed by atoms with Crippen LogP contribution in [0.15, 0.2) is 18.6 Å². The van der Waals surface area contributed by atoms with Crippen LogP contribution >= 0.6 is 11.6 Å². The average molecular weight is 322 g/mol. The molecule has 3 N–H and O–H groups in total. The van der Waals surface area contributed by atoms with Gasteiger partial charge in [0.15, 0.2) is 5.82 Å². The predicted molar refractivity (Wildman–Crippen MR) is 87.6 cm³/mol. The Kier molecular flexibility index (Phi) is 4.74. The summed E-state index contributed by atoms with van der Waals surface area (Å²) in [5.74, 6) is 1.77. The average Bonchev–Trinajstić information content (AvgIpc) is 2.94. The first-order valence-electron chi connectivity index (χ1n) is 7.43. The molecule has 0 radical (unpaired) electrons. The molecule has 0 aromatic carbocycles. The topological polar surface area (TPSA) is 79.7 Å². The number of anilines is 3. The van der Waals surface area contributed by atoms with Crippen molar-refractivity contribution in [2.45, 2.75) is 12.8 Å². The molecule has 0 saturated carbocycles. The standard InChI is InChI=1S/C14H20ClN7/c1-22-9-11(7-19-22)20-14-18-8-12(15)13(21-14)17-6-10-3-2-4-16-5-10/h7-10,16H,2-6H2,1H3,(H2,17,18,20,21)/t10-/m0/s1. The van der Waals surface area contributed by atoms with E-state index in [4.69, 9.17) is 11.6 Å². The third-order valence-electron chi connectivity index (χ3n) is 3.66. The van der Waals surface area contributed by atoms with E-state index in [1.165, 1.54) is 12.8 Å². The fourth-order valence-electron chi connectivity index (χ4n) is 2.51. The second-order valence-corrected chi connectivity index (χ2v) is 5.92. The summed E-state index contributed by atoms with van der Waals surface area (Å²) in [6.45, 7) is 3.01. The molecule has 118 valence electrons. The maximum absolute atomic E-state index is 6.17. The van der Waals surface area contributed by atoms with E-state index in [1.54, 1.807) is 17.1 Å². The molecule has 0 bridgehead atoms. The zero-order valence-electron chi connectivity index (χ0n) is 12.5. The molecule has 8 heteroatoms. The van der Waals surface area contributed by atoms with Crippen LogP contribution in [0.1, 0.15) is 12.8 Å². The van der Waals surface area contributed by atoms with Crippen molar-refractivity contribution in [3.05, 3.63) is 23.6 Å². The van der Waals surface area contributed by atoms with Crippen molar-refractivity contribution in [1.82, 2.24) is 25.1 Å². The van der Waals surface area contributed by atoms with E-state index in [0.29, 0.717) is 22.7 Å². The lowest BCUT2D eigenvalue weighted by molar-refractivity contribution is 0.392. The van der Waals surface area contributed by atoms with Crippen molar-refractivity contribution in [2.75, 3.05) is 30.3 Å². The Morgan fingerprint density at radius 1 is 1.45 bits per heavy atom. The summed E-state index contributed by atoms with van der Waals surface area (Å²) in [6.07, 6.45) is 7.63. The van der Waals surface area contributed by atoms with Crippen LogP contribution < -0.4 is 16.0 Å². The van der Waals surface area contributed by atoms with E-state index in [-0.39, 0.29) is 0 Å². The second kappa shape index (κ2) is 6.93. The first-order valence-corrected chi connectivity index (χ1v) is 7.81. The fraction of sp³-hybridized carbons (Fsp3) is 0.500. The Bertz CT molecular complexity index is 621. The number of aryl methyl sites for hydroxylation is 1. The highest BCUT2D eigenvalue weighted by Gasteiger charge is 2.14. The van der Waals surface area contributed by atoms with Gasteiger partial charge in [0.1, 0.15) is 5.02 Å². The highest BCUT2D eigenvalue weighted by Crippen LogP contribution is 2.22. The van der Waals surface area contributed by atoms with Gasteiger partial charge in [0.05, 0.1) is 18.1 Å². The molecular weight excluding hydrogens is 302 g/mol. The van der Waals surface area contributed by atoms with Crippen LogP contribution in [-0.2, 0) is 7.05 Å². The Hall–Kier alpha value is -1.86. The first kappa shape index (κ1) is 15.1. The molecule has 22 heavy (non-hydrogen) atoms. The first-order chi connectivity index (χ1) is 10.7. The number of nitrogens with zero attached hydrogens (tertiary/aromatic N) is 4. The molecule has 0 spiro atoms. The Morgan fingerprint density at radius 3 is 3.09 bits per heavy atom. The van der Waals surface area contributed by atoms with Gasteiger partial charge in [0.25, 0.3) is 0 Å². The number of rotatable bonds is 5. The highest BCUT2D eigenvalue weighted by molar-refractivity contribution is 6.32. The molecule has 0 aliphatic carbocycles. The molecule has 3 heterocycles. The summed E-state index contributed by atoms with van der Waals surface area (Å²) in [5.41, 5.74) is 0.840. The van der Waals surface area contributed by atoms with Crippen molar-refractivity contribution in [3.8, 4) is 0 Å². The summed E-state index contributed by atoms with van der Waals surface area (Å²) in [6, 6.07) is 0. The van der Waals surface area contributed by atoms with Crippen LogP contribution in [0.5, 0.6) is 0 Å². The molecule has 3 rings (SSSR count). The third-order valence-corrected chi connectivity index (χ3v) is 3.94. The van der Waals surface area contributed by atoms with Gasteiger partial charge in [-0.05, 0) is 31.8 Å². The van der Waals surface area contributed by atoms with Gasteiger partial charge in [0, 0.05) is 19.8 Å². The summed E-state index contributed by atoms with van der Waals surface area (Å²) < 4.78 is 1.72. The van der Waals surface area contributed by atoms with Crippen LogP contribution in [0.4, 0.5) is 17.5 Å². The molecule has 2 aromatic heterocycles. The third kappa shape index (κ3) is 3.86. The fourth-order valence-corrected chi connectivity index (χ4v) is 2.66. The van der Waals surface area contributed by atoms with Crippen LogP contribution in [0.25, 0.3) is 0 Å². The van der Waals surface area contributed by atoms with Crippen molar-refractivity contribution in [3.63, 3.8) is 0 Å². The lowest BCUT2D eigenvalue weighted by Gasteiger charge is -2.23. The van der Waals surface area contributed by atoms with E-state index >= 15 is 0 Å². The largest absolute Gasteiger partial charge is 0.368 e. The predicted octanol–water partition coefficient (Wildman–Crippen LogP) is 2.02. The van der Waals surface area contributed by atoms with Gasteiger partial charge in [-0.1, -0.05) is 11.6 Å². The minimum absolute atomic E-state index is 0.502. The van der Waals surface area contributed by atoms with Crippen molar-refractivity contribution < 1.29 is 0 Å². The summed E-state index contributed by atoms with van der Waals surface area (Å²) in [4.78, 5) is 8.63. The molecule has 1 atom stereocenters. The maximum Gasteiger partial charge on any atom is 0.229 e. The molecule has 7 nitrogen and oxygen atoms in total. The minimum atomic E-state index is 0.502. The summed E-state index contributed by atoms with van der Waals surface area (Å²) in [7, 11) is 1.86. The van der Waals surface area contributed by atoms with Crippen molar-refractivity contribution >= 4 is 29.1 Å². The number of piperidine rings is 1. The molecular formula is C14H20ClN7. The van der Waals surface area contributed by atoms with Gasteiger partial charge in [-0.3, -0.25) is 4.68 Å². The van der Waals surface area contributed by atoms with Gasteiger partial charge in [-0.2, -0.15) is 10.1 Å². The summed E-state index contributed by atoms with van der Waals surface area (Å²) in [5, 5.41) is 14.5. The van der Waals surface area contributed by atoms with Crippen LogP contribution in [0.3, 0.4) is 0 Å². The summed E-state index contributed by atoms with van der Waals surface area (Å²) >= 11 is 6.17. The van der Waals surface area contributed by atoms with Crippen molar-refractivity contribution in [1.29, 1.82) is 0 Å². The SMILES string of the molecule is Cn1cc(Nc2ncc(Cl)c(NC[C@H]3CCCNC3)n2)cn1. The zero-order chi connectivity index (χ0) is 15.4. The second-order valence-electron chi connectivity index (χ2n) is 5.51. The smallest absolute Gasteiger partial charge is 0.229 e. The molecule has 1 saturated heterocycles. The lowest BCUT2D eigenvalue weighted by atomic mass is 10.00. The number of nitrogens with one attached hydrogen (secondary N) is 3. The highest BCUT2D eigenvalue weighted by atomic mass is 35.5. The molecule has 1 aliphatic rings. The zero-order valence-corrected chi connectivity index (χ0v) is 13.3. The normalized spacial score (nSPS) is 18.2. The van der Waals surface area contributed by atoms with Crippen LogP contribution in [-0.4, -0.2) is 39.4 Å². The van der Waals surface area contributed by atoms with E-state index in [9.17, 15) is 0 Å². The number of hydrogen-bond donors (Lipinski definition) is 3. The monoisotopic (exact) mass is 321 g/mol.